The number of benzene rings is 3. The van der Waals surface area contributed by atoms with E-state index in [1.165, 1.54) is 0 Å². The Kier molecular flexibility index (Phi) is 5.12. The first-order valence-electron chi connectivity index (χ1n) is 8.25. The van der Waals surface area contributed by atoms with E-state index >= 15 is 0 Å². The van der Waals surface area contributed by atoms with Gasteiger partial charge in [-0.05, 0) is 42.5 Å². The smallest absolute Gasteiger partial charge is 0.224 e. The number of nitrogens with one attached hydrogen (secondary N) is 1. The van der Waals surface area contributed by atoms with Crippen LogP contribution in [0, 0.1) is 0 Å². The second-order valence-corrected chi connectivity index (χ2v) is 5.65. The minimum Gasteiger partial charge on any atom is -0.494 e. The number of aryl methyl sites for hydroxylation is 1. The van der Waals surface area contributed by atoms with E-state index < -0.39 is 0 Å². The van der Waals surface area contributed by atoms with Crippen molar-refractivity contribution in [3.63, 3.8) is 0 Å². The molecule has 0 aliphatic heterocycles. The Morgan fingerprint density at radius 3 is 2.50 bits per heavy atom. The summed E-state index contributed by atoms with van der Waals surface area (Å²) in [5.41, 5.74) is 2.00. The number of fused-ring (bicyclic) bond motifs is 1. The van der Waals surface area contributed by atoms with Crippen LogP contribution in [0.15, 0.2) is 66.7 Å². The SMILES string of the molecule is CCOc1ccc(CCC(=O)Nc2cccc3ccccc23)cc1. The van der Waals surface area contributed by atoms with Crippen LogP contribution < -0.4 is 10.1 Å². The van der Waals surface area contributed by atoms with Gasteiger partial charge in [0, 0.05) is 17.5 Å². The van der Waals surface area contributed by atoms with Gasteiger partial charge in [-0.3, -0.25) is 4.79 Å². The van der Waals surface area contributed by atoms with Gasteiger partial charge < -0.3 is 10.1 Å². The lowest BCUT2D eigenvalue weighted by atomic mass is 10.1. The van der Waals surface area contributed by atoms with E-state index in [2.05, 4.69) is 5.32 Å². The molecular weight excluding hydrogens is 298 g/mol. The summed E-state index contributed by atoms with van der Waals surface area (Å²) in [7, 11) is 0. The van der Waals surface area contributed by atoms with Crippen molar-refractivity contribution in [3.8, 4) is 5.75 Å². The Morgan fingerprint density at radius 2 is 1.71 bits per heavy atom. The van der Waals surface area contributed by atoms with Crippen molar-refractivity contribution >= 4 is 22.4 Å². The second kappa shape index (κ2) is 7.64. The summed E-state index contributed by atoms with van der Waals surface area (Å²) >= 11 is 0. The van der Waals surface area contributed by atoms with Crippen molar-refractivity contribution in [1.82, 2.24) is 0 Å². The van der Waals surface area contributed by atoms with E-state index in [9.17, 15) is 4.79 Å². The van der Waals surface area contributed by atoms with Gasteiger partial charge in [0.25, 0.3) is 0 Å². The van der Waals surface area contributed by atoms with Gasteiger partial charge in [0.15, 0.2) is 0 Å². The molecular formula is C21H21NO2. The number of carbonyl (C=O) groups excluding carboxylic acids is 1. The predicted molar refractivity (Wildman–Crippen MR) is 98.5 cm³/mol. The maximum absolute atomic E-state index is 12.3. The van der Waals surface area contributed by atoms with Crippen molar-refractivity contribution in [2.75, 3.05) is 11.9 Å². The molecule has 0 saturated carbocycles. The highest BCUT2D eigenvalue weighted by molar-refractivity contribution is 6.02. The molecule has 0 spiro atoms. The van der Waals surface area contributed by atoms with Gasteiger partial charge in [-0.25, -0.2) is 0 Å². The van der Waals surface area contributed by atoms with Gasteiger partial charge in [-0.2, -0.15) is 0 Å². The van der Waals surface area contributed by atoms with Crippen molar-refractivity contribution in [1.29, 1.82) is 0 Å². The maximum Gasteiger partial charge on any atom is 0.224 e. The van der Waals surface area contributed by atoms with E-state index in [4.69, 9.17) is 4.74 Å². The minimum absolute atomic E-state index is 0.0280. The van der Waals surface area contributed by atoms with E-state index in [-0.39, 0.29) is 5.91 Å². The molecule has 0 fully saturated rings. The predicted octanol–water partition coefficient (Wildman–Crippen LogP) is 4.81. The van der Waals surface area contributed by atoms with Crippen LogP contribution >= 0.6 is 0 Å². The Labute approximate surface area is 142 Å². The van der Waals surface area contributed by atoms with Gasteiger partial charge in [0.1, 0.15) is 5.75 Å². The third kappa shape index (κ3) is 3.93. The zero-order valence-electron chi connectivity index (χ0n) is 13.8. The van der Waals surface area contributed by atoms with Gasteiger partial charge in [-0.1, -0.05) is 48.5 Å². The second-order valence-electron chi connectivity index (χ2n) is 5.65. The van der Waals surface area contributed by atoms with Crippen molar-refractivity contribution < 1.29 is 9.53 Å². The Balaban J connectivity index is 1.61. The molecule has 3 heteroatoms. The first kappa shape index (κ1) is 16.1. The van der Waals surface area contributed by atoms with Crippen LogP contribution in [0.3, 0.4) is 0 Å². The molecule has 24 heavy (non-hydrogen) atoms. The fraction of sp³-hybridized carbons (Fsp3) is 0.190. The molecule has 0 aliphatic rings. The lowest BCUT2D eigenvalue weighted by Gasteiger charge is -2.09. The molecule has 0 unspecified atom stereocenters. The highest BCUT2D eigenvalue weighted by Gasteiger charge is 2.06. The maximum atomic E-state index is 12.3. The van der Waals surface area contributed by atoms with Crippen LogP contribution in [0.2, 0.25) is 0 Å². The lowest BCUT2D eigenvalue weighted by molar-refractivity contribution is -0.116. The van der Waals surface area contributed by atoms with Gasteiger partial charge in [-0.15, -0.1) is 0 Å². The van der Waals surface area contributed by atoms with Crippen LogP contribution in [0.25, 0.3) is 10.8 Å². The van der Waals surface area contributed by atoms with E-state index in [1.807, 2.05) is 73.7 Å². The molecule has 0 saturated heterocycles. The third-order valence-electron chi connectivity index (χ3n) is 3.94. The molecule has 1 N–H and O–H groups in total. The number of anilines is 1. The Bertz CT molecular complexity index is 819. The first-order chi connectivity index (χ1) is 11.8. The average molecular weight is 319 g/mol. The number of amides is 1. The zero-order valence-corrected chi connectivity index (χ0v) is 13.8. The van der Waals surface area contributed by atoms with Crippen LogP contribution in [-0.2, 0) is 11.2 Å². The van der Waals surface area contributed by atoms with Crippen LogP contribution in [0.1, 0.15) is 18.9 Å². The quantitative estimate of drug-likeness (QED) is 0.708. The summed E-state index contributed by atoms with van der Waals surface area (Å²) in [5, 5.41) is 5.21. The van der Waals surface area contributed by atoms with E-state index in [1.54, 1.807) is 0 Å². The number of hydrogen-bond donors (Lipinski definition) is 1. The van der Waals surface area contributed by atoms with Crippen molar-refractivity contribution in [2.45, 2.75) is 19.8 Å². The highest BCUT2D eigenvalue weighted by atomic mass is 16.5. The number of hydrogen-bond acceptors (Lipinski definition) is 2. The van der Waals surface area contributed by atoms with Crippen LogP contribution in [0.5, 0.6) is 5.75 Å². The summed E-state index contributed by atoms with van der Waals surface area (Å²) in [6, 6.07) is 21.9. The summed E-state index contributed by atoms with van der Waals surface area (Å²) in [4.78, 5) is 12.3. The topological polar surface area (TPSA) is 38.3 Å². The summed E-state index contributed by atoms with van der Waals surface area (Å²) in [6.45, 7) is 2.62. The number of carbonyl (C=O) groups is 1. The standard InChI is InChI=1S/C21H21NO2/c1-2-24-18-13-10-16(11-14-18)12-15-21(23)22-20-9-5-7-17-6-3-4-8-19(17)20/h3-11,13-14H,2,12,15H2,1H3,(H,22,23). The van der Waals surface area contributed by atoms with Crippen molar-refractivity contribution in [3.05, 3.63) is 72.3 Å². The molecule has 3 aromatic rings. The summed E-state index contributed by atoms with van der Waals surface area (Å²) < 4.78 is 5.43. The molecule has 3 rings (SSSR count). The van der Waals surface area contributed by atoms with Gasteiger partial charge >= 0.3 is 0 Å². The van der Waals surface area contributed by atoms with Crippen LogP contribution in [-0.4, -0.2) is 12.5 Å². The molecule has 1 amide bonds. The molecule has 0 radical (unpaired) electrons. The van der Waals surface area contributed by atoms with E-state index in [0.29, 0.717) is 19.4 Å². The Morgan fingerprint density at radius 1 is 0.958 bits per heavy atom. The van der Waals surface area contributed by atoms with Gasteiger partial charge in [0.2, 0.25) is 5.91 Å². The molecule has 3 aromatic carbocycles. The molecule has 0 heterocycles. The molecule has 0 bridgehead atoms. The molecule has 122 valence electrons. The minimum atomic E-state index is 0.0280. The summed E-state index contributed by atoms with van der Waals surface area (Å²) in [5.74, 6) is 0.890. The lowest BCUT2D eigenvalue weighted by Crippen LogP contribution is -2.12. The van der Waals surface area contributed by atoms with E-state index in [0.717, 1.165) is 27.8 Å². The summed E-state index contributed by atoms with van der Waals surface area (Å²) in [6.07, 6.45) is 1.17. The zero-order chi connectivity index (χ0) is 16.8. The molecule has 3 nitrogen and oxygen atoms in total. The fourth-order valence-corrected chi connectivity index (χ4v) is 2.72. The fourth-order valence-electron chi connectivity index (χ4n) is 2.72. The molecule has 0 aromatic heterocycles. The highest BCUT2D eigenvalue weighted by Crippen LogP contribution is 2.23. The molecule has 0 aliphatic carbocycles. The number of rotatable bonds is 6. The van der Waals surface area contributed by atoms with Crippen molar-refractivity contribution in [2.24, 2.45) is 0 Å². The monoisotopic (exact) mass is 319 g/mol. The molecule has 0 atom stereocenters. The first-order valence-corrected chi connectivity index (χ1v) is 8.25. The average Bonchev–Trinajstić information content (AvgIpc) is 2.62. The van der Waals surface area contributed by atoms with Crippen LogP contribution in [0.4, 0.5) is 5.69 Å². The largest absolute Gasteiger partial charge is 0.494 e. The van der Waals surface area contributed by atoms with Gasteiger partial charge in [0.05, 0.1) is 6.61 Å². The Hall–Kier alpha value is -2.81. The third-order valence-corrected chi connectivity index (χ3v) is 3.94. The number of ether oxygens (including phenoxy) is 1. The normalized spacial score (nSPS) is 10.5.